The molecule has 0 bridgehead atoms. The molecule has 0 radical (unpaired) electrons. The molecule has 3 aromatic rings. The summed E-state index contributed by atoms with van der Waals surface area (Å²) < 4.78 is 21.5. The Morgan fingerprint density at radius 3 is 1.77 bits per heavy atom. The van der Waals surface area contributed by atoms with Crippen LogP contribution in [0.25, 0.3) is 6.08 Å². The molecule has 0 spiro atoms. The molecule has 182 valence electrons. The van der Waals surface area contributed by atoms with Gasteiger partial charge in [-0.25, -0.2) is 4.79 Å². The fourth-order valence-corrected chi connectivity index (χ4v) is 3.43. The predicted molar refractivity (Wildman–Crippen MR) is 136 cm³/mol. The van der Waals surface area contributed by atoms with Crippen molar-refractivity contribution in [2.75, 3.05) is 21.3 Å². The molecule has 3 rings (SSSR count). The van der Waals surface area contributed by atoms with Crippen molar-refractivity contribution >= 4 is 17.8 Å². The Morgan fingerprint density at radius 2 is 1.29 bits per heavy atom. The second kappa shape index (κ2) is 10.9. The Labute approximate surface area is 206 Å². The molecule has 0 unspecified atom stereocenters. The van der Waals surface area contributed by atoms with Crippen molar-refractivity contribution in [3.8, 4) is 23.0 Å². The van der Waals surface area contributed by atoms with Crippen molar-refractivity contribution in [1.29, 1.82) is 0 Å². The van der Waals surface area contributed by atoms with E-state index in [4.69, 9.17) is 18.9 Å². The number of methoxy groups -OCH3 is 3. The summed E-state index contributed by atoms with van der Waals surface area (Å²) in [4.78, 5) is 25.1. The van der Waals surface area contributed by atoms with E-state index < -0.39 is 5.97 Å². The molecule has 0 fully saturated rings. The molecule has 0 atom stereocenters. The van der Waals surface area contributed by atoms with Gasteiger partial charge in [-0.05, 0) is 71.1 Å². The van der Waals surface area contributed by atoms with E-state index >= 15 is 0 Å². The monoisotopic (exact) mass is 474 g/mol. The largest absolute Gasteiger partial charge is 0.493 e. The number of allylic oxidation sites excluding steroid dienone is 1. The number of ketones is 1. The maximum Gasteiger partial charge on any atom is 0.343 e. The molecule has 0 aliphatic heterocycles. The highest BCUT2D eigenvalue weighted by molar-refractivity contribution is 6.07. The average Bonchev–Trinajstić information content (AvgIpc) is 2.86. The minimum absolute atomic E-state index is 0.00472. The van der Waals surface area contributed by atoms with Crippen molar-refractivity contribution in [3.63, 3.8) is 0 Å². The summed E-state index contributed by atoms with van der Waals surface area (Å²) in [6.45, 7) is 6.34. The summed E-state index contributed by atoms with van der Waals surface area (Å²) in [6, 6.07) is 17.3. The second-order valence-electron chi connectivity index (χ2n) is 8.90. The SMILES string of the molecule is COc1cc(/C=C/C(=O)c2ccc(OC(=O)c3ccc(C(C)(C)C)cc3)cc2)cc(OC)c1OC. The number of carbonyl (C=O) groups excluding carboxylic acids is 2. The summed E-state index contributed by atoms with van der Waals surface area (Å²) in [5.41, 5.74) is 2.78. The number of carbonyl (C=O) groups is 2. The van der Waals surface area contributed by atoms with E-state index in [2.05, 4.69) is 20.8 Å². The first-order valence-electron chi connectivity index (χ1n) is 11.1. The zero-order chi connectivity index (χ0) is 25.6. The van der Waals surface area contributed by atoms with Crippen LogP contribution in [0.2, 0.25) is 0 Å². The fourth-order valence-electron chi connectivity index (χ4n) is 3.43. The normalized spacial score (nSPS) is 11.3. The molecule has 0 saturated heterocycles. The number of esters is 1. The van der Waals surface area contributed by atoms with E-state index in [9.17, 15) is 9.59 Å². The molecule has 0 heterocycles. The molecular weight excluding hydrogens is 444 g/mol. The van der Waals surface area contributed by atoms with Gasteiger partial charge in [-0.15, -0.1) is 0 Å². The van der Waals surface area contributed by atoms with E-state index in [1.807, 2.05) is 12.1 Å². The molecular formula is C29H30O6. The van der Waals surface area contributed by atoms with Gasteiger partial charge < -0.3 is 18.9 Å². The van der Waals surface area contributed by atoms with E-state index in [1.54, 1.807) is 54.6 Å². The van der Waals surface area contributed by atoms with Gasteiger partial charge >= 0.3 is 5.97 Å². The van der Waals surface area contributed by atoms with Gasteiger partial charge in [0, 0.05) is 5.56 Å². The van der Waals surface area contributed by atoms with Crippen LogP contribution in [0.3, 0.4) is 0 Å². The first kappa shape index (κ1) is 25.6. The topological polar surface area (TPSA) is 71.1 Å². The van der Waals surface area contributed by atoms with Crippen LogP contribution in [0.15, 0.2) is 66.7 Å². The van der Waals surface area contributed by atoms with Crippen LogP contribution >= 0.6 is 0 Å². The van der Waals surface area contributed by atoms with Crippen LogP contribution in [0.1, 0.15) is 52.6 Å². The lowest BCUT2D eigenvalue weighted by atomic mass is 9.87. The van der Waals surface area contributed by atoms with Crippen LogP contribution < -0.4 is 18.9 Å². The summed E-state index contributed by atoms with van der Waals surface area (Å²) in [7, 11) is 4.60. The highest BCUT2D eigenvalue weighted by atomic mass is 16.5. The summed E-state index contributed by atoms with van der Waals surface area (Å²) in [5.74, 6) is 1.19. The third-order valence-electron chi connectivity index (χ3n) is 5.45. The average molecular weight is 475 g/mol. The smallest absolute Gasteiger partial charge is 0.343 e. The van der Waals surface area contributed by atoms with E-state index in [0.717, 1.165) is 11.1 Å². The van der Waals surface area contributed by atoms with Crippen LogP contribution in [-0.2, 0) is 5.41 Å². The van der Waals surface area contributed by atoms with Crippen LogP contribution in [-0.4, -0.2) is 33.1 Å². The molecule has 0 aromatic heterocycles. The molecule has 0 N–H and O–H groups in total. The van der Waals surface area contributed by atoms with Crippen molar-refractivity contribution in [2.45, 2.75) is 26.2 Å². The molecule has 3 aromatic carbocycles. The molecule has 0 amide bonds. The van der Waals surface area contributed by atoms with Gasteiger partial charge in [0.25, 0.3) is 0 Å². The van der Waals surface area contributed by atoms with Crippen molar-refractivity contribution in [3.05, 3.63) is 89.0 Å². The maximum atomic E-state index is 12.6. The van der Waals surface area contributed by atoms with Crippen LogP contribution in [0, 0.1) is 0 Å². The fraction of sp³-hybridized carbons (Fsp3) is 0.241. The standard InChI is InChI=1S/C29H30O6/c1-29(2,3)22-12-8-21(9-13-22)28(31)35-23-14-10-20(11-15-23)24(30)16-7-19-17-25(32-4)27(34-6)26(18-19)33-5/h7-18H,1-6H3/b16-7+. The molecule has 0 saturated carbocycles. The Kier molecular flexibility index (Phi) is 7.97. The minimum Gasteiger partial charge on any atom is -0.493 e. The number of hydrogen-bond donors (Lipinski definition) is 0. The van der Waals surface area contributed by atoms with E-state index in [1.165, 1.54) is 27.4 Å². The highest BCUT2D eigenvalue weighted by Gasteiger charge is 2.16. The minimum atomic E-state index is -0.452. The van der Waals surface area contributed by atoms with Crippen molar-refractivity contribution < 1.29 is 28.5 Å². The van der Waals surface area contributed by atoms with Crippen molar-refractivity contribution in [1.82, 2.24) is 0 Å². The molecule has 6 heteroatoms. The number of ether oxygens (including phenoxy) is 4. The van der Waals surface area contributed by atoms with Gasteiger partial charge in [0.1, 0.15) is 5.75 Å². The molecule has 6 nitrogen and oxygen atoms in total. The highest BCUT2D eigenvalue weighted by Crippen LogP contribution is 2.38. The molecule has 35 heavy (non-hydrogen) atoms. The maximum absolute atomic E-state index is 12.6. The summed E-state index contributed by atoms with van der Waals surface area (Å²) in [6.07, 6.45) is 3.13. The zero-order valence-corrected chi connectivity index (χ0v) is 20.9. The Balaban J connectivity index is 1.68. The number of rotatable bonds is 8. The van der Waals surface area contributed by atoms with Gasteiger partial charge in [0.2, 0.25) is 5.75 Å². The molecule has 0 aliphatic carbocycles. The van der Waals surface area contributed by atoms with Gasteiger partial charge in [0.05, 0.1) is 26.9 Å². The van der Waals surface area contributed by atoms with Gasteiger partial charge in [-0.1, -0.05) is 39.0 Å². The quantitative estimate of drug-likeness (QED) is 0.169. The Bertz CT molecular complexity index is 1190. The third kappa shape index (κ3) is 6.29. The Hall–Kier alpha value is -4.06. The summed E-state index contributed by atoms with van der Waals surface area (Å²) in [5, 5.41) is 0. The molecule has 0 aliphatic rings. The lowest BCUT2D eigenvalue weighted by molar-refractivity contribution is 0.0734. The first-order valence-corrected chi connectivity index (χ1v) is 11.1. The number of benzene rings is 3. The zero-order valence-electron chi connectivity index (χ0n) is 20.9. The van der Waals surface area contributed by atoms with Crippen LogP contribution in [0.5, 0.6) is 23.0 Å². The second-order valence-corrected chi connectivity index (χ2v) is 8.90. The summed E-state index contributed by atoms with van der Waals surface area (Å²) >= 11 is 0. The van der Waals surface area contributed by atoms with Crippen molar-refractivity contribution in [2.24, 2.45) is 0 Å². The third-order valence-corrected chi connectivity index (χ3v) is 5.45. The van der Waals surface area contributed by atoms with E-state index in [-0.39, 0.29) is 11.2 Å². The first-order chi connectivity index (χ1) is 16.7. The van der Waals surface area contributed by atoms with E-state index in [0.29, 0.717) is 34.1 Å². The lowest BCUT2D eigenvalue weighted by Gasteiger charge is -2.18. The van der Waals surface area contributed by atoms with Crippen LogP contribution in [0.4, 0.5) is 0 Å². The van der Waals surface area contributed by atoms with Gasteiger partial charge in [-0.2, -0.15) is 0 Å². The van der Waals surface area contributed by atoms with Gasteiger partial charge in [-0.3, -0.25) is 4.79 Å². The van der Waals surface area contributed by atoms with Gasteiger partial charge in [0.15, 0.2) is 17.3 Å². The Morgan fingerprint density at radius 1 is 0.743 bits per heavy atom. The predicted octanol–water partition coefficient (Wildman–Crippen LogP) is 6.13. The lowest BCUT2D eigenvalue weighted by Crippen LogP contribution is -2.13. The number of hydrogen-bond acceptors (Lipinski definition) is 6.